The minimum Gasteiger partial charge on any atom is -0.350 e. The zero-order valence-electron chi connectivity index (χ0n) is 18.0. The summed E-state index contributed by atoms with van der Waals surface area (Å²) in [6.07, 6.45) is 0. The Hall–Kier alpha value is -3.97. The number of nitrogens with one attached hydrogen (secondary N) is 2. The Bertz CT molecular complexity index is 1410. The maximum Gasteiger partial charge on any atom is 0.279 e. The molecule has 1 heterocycles. The molecule has 3 aromatic carbocycles. The molecule has 33 heavy (non-hydrogen) atoms. The van der Waals surface area contributed by atoms with E-state index in [2.05, 4.69) is 15.7 Å². The van der Waals surface area contributed by atoms with Crippen molar-refractivity contribution >= 4 is 39.9 Å². The van der Waals surface area contributed by atoms with Gasteiger partial charge < -0.3 is 10.6 Å². The number of para-hydroxylation sites is 1. The summed E-state index contributed by atoms with van der Waals surface area (Å²) in [4.78, 5) is 39.1. The van der Waals surface area contributed by atoms with E-state index in [0.29, 0.717) is 21.5 Å². The number of hydrogen-bond acceptors (Lipinski definition) is 4. The summed E-state index contributed by atoms with van der Waals surface area (Å²) in [7, 11) is 0. The largest absolute Gasteiger partial charge is 0.350 e. The summed E-state index contributed by atoms with van der Waals surface area (Å²) in [5.74, 6) is -0.916. The first-order valence-corrected chi connectivity index (χ1v) is 10.7. The van der Waals surface area contributed by atoms with E-state index >= 15 is 0 Å². The molecule has 0 saturated carbocycles. The van der Waals surface area contributed by atoms with Gasteiger partial charge in [0.15, 0.2) is 5.69 Å². The molecule has 4 rings (SSSR count). The van der Waals surface area contributed by atoms with Crippen LogP contribution in [-0.2, 0) is 0 Å². The van der Waals surface area contributed by atoms with Crippen molar-refractivity contribution in [3.8, 4) is 5.69 Å². The third kappa shape index (κ3) is 4.63. The summed E-state index contributed by atoms with van der Waals surface area (Å²) >= 11 is 6.13. The summed E-state index contributed by atoms with van der Waals surface area (Å²) in [5, 5.41) is 11.0. The zero-order valence-corrected chi connectivity index (χ0v) is 18.8. The predicted octanol–water partition coefficient (Wildman–Crippen LogP) is 4.43. The molecule has 1 aromatic heterocycles. The number of halogens is 1. The maximum absolute atomic E-state index is 13.4. The molecule has 0 spiro atoms. The van der Waals surface area contributed by atoms with Gasteiger partial charge in [0.05, 0.1) is 22.3 Å². The summed E-state index contributed by atoms with van der Waals surface area (Å²) in [5.41, 5.74) is 0.746. The molecule has 0 fully saturated rings. The van der Waals surface area contributed by atoms with Gasteiger partial charge >= 0.3 is 0 Å². The average Bonchev–Trinajstić information content (AvgIpc) is 2.79. The molecule has 0 unspecified atom stereocenters. The molecule has 4 aromatic rings. The number of carbonyl (C=O) groups excluding carboxylic acids is 2. The first-order valence-electron chi connectivity index (χ1n) is 10.3. The molecule has 0 aliphatic rings. The fourth-order valence-corrected chi connectivity index (χ4v) is 3.61. The van der Waals surface area contributed by atoms with Crippen molar-refractivity contribution in [3.05, 3.63) is 99.4 Å². The quantitative estimate of drug-likeness (QED) is 0.460. The number of nitrogens with zero attached hydrogens (tertiary/aromatic N) is 2. The standard InChI is InChI=1S/C25H21ClN4O3/c1-15(2)27-23(31)20-13-12-16(26)14-21(20)28-24(32)22-18-10-6-7-11-19(18)25(33)30(29-22)17-8-4-3-5-9-17/h3-15H,1-2H3,(H,27,31)(H,28,32). The molecule has 0 atom stereocenters. The zero-order chi connectivity index (χ0) is 23.5. The fourth-order valence-electron chi connectivity index (χ4n) is 3.44. The second-order valence-electron chi connectivity index (χ2n) is 7.72. The first-order chi connectivity index (χ1) is 15.8. The van der Waals surface area contributed by atoms with Gasteiger partial charge in [-0.25, -0.2) is 0 Å². The molecule has 2 amide bonds. The van der Waals surface area contributed by atoms with Crippen LogP contribution in [0.1, 0.15) is 34.7 Å². The molecule has 0 radical (unpaired) electrons. The summed E-state index contributed by atoms with van der Waals surface area (Å²) < 4.78 is 1.20. The van der Waals surface area contributed by atoms with Crippen LogP contribution in [-0.4, -0.2) is 27.6 Å². The monoisotopic (exact) mass is 460 g/mol. The van der Waals surface area contributed by atoms with Crippen LogP contribution in [0.4, 0.5) is 5.69 Å². The SMILES string of the molecule is CC(C)NC(=O)c1ccc(Cl)cc1NC(=O)c1nn(-c2ccccc2)c(=O)c2ccccc12. The first kappa shape index (κ1) is 22.2. The van der Waals surface area contributed by atoms with Crippen molar-refractivity contribution in [1.29, 1.82) is 0 Å². The topological polar surface area (TPSA) is 93.1 Å². The highest BCUT2D eigenvalue weighted by Gasteiger charge is 2.20. The van der Waals surface area contributed by atoms with E-state index in [1.807, 2.05) is 19.9 Å². The molecule has 0 aliphatic heterocycles. The van der Waals surface area contributed by atoms with Crippen LogP contribution in [0, 0.1) is 0 Å². The Kier molecular flexibility index (Phi) is 6.24. The second kappa shape index (κ2) is 9.26. The van der Waals surface area contributed by atoms with Crippen molar-refractivity contribution in [1.82, 2.24) is 15.1 Å². The lowest BCUT2D eigenvalue weighted by Crippen LogP contribution is -2.31. The van der Waals surface area contributed by atoms with Crippen LogP contribution in [0.15, 0.2) is 77.6 Å². The van der Waals surface area contributed by atoms with Gasteiger partial charge in [-0.15, -0.1) is 0 Å². The van der Waals surface area contributed by atoms with Crippen molar-refractivity contribution in [2.75, 3.05) is 5.32 Å². The third-order valence-electron chi connectivity index (χ3n) is 4.92. The minimum atomic E-state index is -0.572. The van der Waals surface area contributed by atoms with Crippen molar-refractivity contribution < 1.29 is 9.59 Å². The van der Waals surface area contributed by atoms with Gasteiger partial charge in [0, 0.05) is 16.5 Å². The van der Waals surface area contributed by atoms with E-state index in [1.165, 1.54) is 10.7 Å². The van der Waals surface area contributed by atoms with Crippen molar-refractivity contribution in [2.45, 2.75) is 19.9 Å². The Balaban J connectivity index is 1.82. The number of benzene rings is 3. The number of hydrogen-bond donors (Lipinski definition) is 2. The van der Waals surface area contributed by atoms with Gasteiger partial charge in [0.2, 0.25) is 0 Å². The van der Waals surface area contributed by atoms with Crippen LogP contribution in [0.25, 0.3) is 16.5 Å². The highest BCUT2D eigenvalue weighted by atomic mass is 35.5. The predicted molar refractivity (Wildman–Crippen MR) is 129 cm³/mol. The number of amides is 2. The molecule has 8 heteroatoms. The van der Waals surface area contributed by atoms with Crippen LogP contribution >= 0.6 is 11.6 Å². The van der Waals surface area contributed by atoms with E-state index in [1.54, 1.807) is 60.7 Å². The highest BCUT2D eigenvalue weighted by Crippen LogP contribution is 2.23. The van der Waals surface area contributed by atoms with E-state index in [0.717, 1.165) is 0 Å². The molecule has 166 valence electrons. The number of carbonyl (C=O) groups is 2. The minimum absolute atomic E-state index is 0.0456. The Morgan fingerprint density at radius 3 is 2.27 bits per heavy atom. The lowest BCUT2D eigenvalue weighted by atomic mass is 10.1. The molecule has 0 saturated heterocycles. The van der Waals surface area contributed by atoms with Crippen LogP contribution < -0.4 is 16.2 Å². The molecule has 0 aliphatic carbocycles. The van der Waals surface area contributed by atoms with Crippen molar-refractivity contribution in [2.24, 2.45) is 0 Å². The number of anilines is 1. The lowest BCUT2D eigenvalue weighted by molar-refractivity contribution is 0.0944. The van der Waals surface area contributed by atoms with Gasteiger partial charge in [-0.05, 0) is 50.2 Å². The Labute approximate surface area is 195 Å². The average molecular weight is 461 g/mol. The van der Waals surface area contributed by atoms with Crippen LogP contribution in [0.5, 0.6) is 0 Å². The molecule has 7 nitrogen and oxygen atoms in total. The Morgan fingerprint density at radius 1 is 0.909 bits per heavy atom. The number of aromatic nitrogens is 2. The van der Waals surface area contributed by atoms with Gasteiger partial charge in [0.25, 0.3) is 17.4 Å². The van der Waals surface area contributed by atoms with Gasteiger partial charge in [0.1, 0.15) is 0 Å². The van der Waals surface area contributed by atoms with E-state index in [4.69, 9.17) is 11.6 Å². The summed E-state index contributed by atoms with van der Waals surface area (Å²) in [6, 6.07) is 20.2. The molecular weight excluding hydrogens is 440 g/mol. The normalized spacial score (nSPS) is 10.9. The van der Waals surface area contributed by atoms with Crippen molar-refractivity contribution in [3.63, 3.8) is 0 Å². The number of fused-ring (bicyclic) bond motifs is 1. The van der Waals surface area contributed by atoms with Crippen LogP contribution in [0.3, 0.4) is 0 Å². The molecule has 2 N–H and O–H groups in total. The Morgan fingerprint density at radius 2 is 1.58 bits per heavy atom. The van der Waals surface area contributed by atoms with Gasteiger partial charge in [-0.2, -0.15) is 9.78 Å². The maximum atomic E-state index is 13.4. The van der Waals surface area contributed by atoms with Crippen LogP contribution in [0.2, 0.25) is 5.02 Å². The fraction of sp³-hybridized carbons (Fsp3) is 0.120. The smallest absolute Gasteiger partial charge is 0.279 e. The highest BCUT2D eigenvalue weighted by molar-refractivity contribution is 6.31. The number of rotatable bonds is 5. The third-order valence-corrected chi connectivity index (χ3v) is 5.15. The van der Waals surface area contributed by atoms with Gasteiger partial charge in [-0.3, -0.25) is 14.4 Å². The molecular formula is C25H21ClN4O3. The lowest BCUT2D eigenvalue weighted by Gasteiger charge is -2.15. The second-order valence-corrected chi connectivity index (χ2v) is 8.16. The molecule has 0 bridgehead atoms. The van der Waals surface area contributed by atoms with E-state index in [-0.39, 0.29) is 34.5 Å². The van der Waals surface area contributed by atoms with Gasteiger partial charge in [-0.1, -0.05) is 48.0 Å². The summed E-state index contributed by atoms with van der Waals surface area (Å²) in [6.45, 7) is 3.68. The van der Waals surface area contributed by atoms with E-state index < -0.39 is 5.91 Å². The van der Waals surface area contributed by atoms with E-state index in [9.17, 15) is 14.4 Å².